The summed E-state index contributed by atoms with van der Waals surface area (Å²) in [6.07, 6.45) is 2.27. The first-order valence-corrected chi connectivity index (χ1v) is 6.96. The second kappa shape index (κ2) is 4.07. The first-order valence-electron chi connectivity index (χ1n) is 3.56. The topological polar surface area (TPSA) is 9.23 Å². The van der Waals surface area contributed by atoms with Crippen molar-refractivity contribution in [3.05, 3.63) is 6.61 Å². The van der Waals surface area contributed by atoms with Crippen LogP contribution in [-0.2, 0) is 4.43 Å². The smallest absolute Gasteiger partial charge is 0.184 e. The minimum absolute atomic E-state index is 1.09. The van der Waals surface area contributed by atoms with Gasteiger partial charge in [0.2, 0.25) is 0 Å². The van der Waals surface area contributed by atoms with Crippen molar-refractivity contribution in [1.29, 1.82) is 0 Å². The van der Waals surface area contributed by atoms with Crippen molar-refractivity contribution in [3.63, 3.8) is 0 Å². The first-order chi connectivity index (χ1) is 4.06. The maximum Gasteiger partial charge on any atom is 0.184 e. The normalized spacial score (nSPS) is 12.0. The van der Waals surface area contributed by atoms with Crippen LogP contribution in [0.2, 0.25) is 19.6 Å². The highest BCUT2D eigenvalue weighted by atomic mass is 28.4. The van der Waals surface area contributed by atoms with Crippen LogP contribution in [0.15, 0.2) is 0 Å². The van der Waals surface area contributed by atoms with Crippen LogP contribution in [0.3, 0.4) is 0 Å². The van der Waals surface area contributed by atoms with Crippen LogP contribution < -0.4 is 0 Å². The Balaban J connectivity index is 3.07. The summed E-state index contributed by atoms with van der Waals surface area (Å²) < 4.78 is 5.48. The lowest BCUT2D eigenvalue weighted by molar-refractivity contribution is 0.385. The van der Waals surface area contributed by atoms with Gasteiger partial charge < -0.3 is 4.43 Å². The van der Waals surface area contributed by atoms with Crippen molar-refractivity contribution in [1.82, 2.24) is 0 Å². The lowest BCUT2D eigenvalue weighted by Gasteiger charge is -2.15. The minimum Gasteiger partial charge on any atom is -0.412 e. The minimum atomic E-state index is -1.25. The molecule has 2 heteroatoms. The quantitative estimate of drug-likeness (QED) is 0.436. The maximum absolute atomic E-state index is 5.48. The fourth-order valence-electron chi connectivity index (χ4n) is 0.427. The summed E-state index contributed by atoms with van der Waals surface area (Å²) >= 11 is 0. The second-order valence-corrected chi connectivity index (χ2v) is 7.65. The molecular weight excluding hydrogens is 128 g/mol. The highest BCUT2D eigenvalue weighted by Crippen LogP contribution is 2.06. The van der Waals surface area contributed by atoms with Crippen LogP contribution in [0.25, 0.3) is 0 Å². The molecule has 0 unspecified atom stereocenters. The van der Waals surface area contributed by atoms with Gasteiger partial charge in [-0.3, -0.25) is 0 Å². The van der Waals surface area contributed by atoms with E-state index in [2.05, 4.69) is 26.6 Å². The molecule has 0 aromatic heterocycles. The van der Waals surface area contributed by atoms with Gasteiger partial charge >= 0.3 is 0 Å². The van der Waals surface area contributed by atoms with E-state index in [0.29, 0.717) is 0 Å². The van der Waals surface area contributed by atoms with E-state index in [9.17, 15) is 0 Å². The number of unbranched alkanes of at least 4 members (excludes halogenated alkanes) is 1. The number of hydrogen-bond acceptors (Lipinski definition) is 1. The molecule has 0 rings (SSSR count). The van der Waals surface area contributed by atoms with Crippen LogP contribution in [-0.4, -0.2) is 8.32 Å². The Morgan fingerprint density at radius 2 is 1.89 bits per heavy atom. The van der Waals surface area contributed by atoms with Gasteiger partial charge in [0.15, 0.2) is 8.32 Å². The third-order valence-corrected chi connectivity index (χ3v) is 1.72. The van der Waals surface area contributed by atoms with Crippen molar-refractivity contribution in [2.75, 3.05) is 0 Å². The molecule has 0 aliphatic carbocycles. The SMILES string of the molecule is CCC[CH]O[Si](C)(C)C. The van der Waals surface area contributed by atoms with Gasteiger partial charge in [-0.15, -0.1) is 0 Å². The van der Waals surface area contributed by atoms with Crippen LogP contribution in [0.1, 0.15) is 19.8 Å². The molecule has 55 valence electrons. The summed E-state index contributed by atoms with van der Waals surface area (Å²) in [4.78, 5) is 0. The molecule has 0 N–H and O–H groups in total. The standard InChI is InChI=1S/C7H17OSi/c1-5-6-7-8-9(2,3)4/h7H,5-6H2,1-4H3. The Bertz CT molecular complexity index is 65.8. The Morgan fingerprint density at radius 3 is 2.22 bits per heavy atom. The van der Waals surface area contributed by atoms with Gasteiger partial charge in [-0.05, 0) is 26.1 Å². The first kappa shape index (κ1) is 9.18. The van der Waals surface area contributed by atoms with Crippen molar-refractivity contribution >= 4 is 8.32 Å². The lowest BCUT2D eigenvalue weighted by Crippen LogP contribution is -2.23. The summed E-state index contributed by atoms with van der Waals surface area (Å²) in [6, 6.07) is 0. The summed E-state index contributed by atoms with van der Waals surface area (Å²) in [7, 11) is -1.25. The van der Waals surface area contributed by atoms with Gasteiger partial charge in [-0.25, -0.2) is 0 Å². The van der Waals surface area contributed by atoms with Crippen LogP contribution in [0.4, 0.5) is 0 Å². The third kappa shape index (κ3) is 8.18. The molecule has 0 fully saturated rings. The average Bonchev–Trinajstić information content (AvgIpc) is 1.63. The summed E-state index contributed by atoms with van der Waals surface area (Å²) in [6.45, 7) is 10.7. The Morgan fingerprint density at radius 1 is 1.33 bits per heavy atom. The molecule has 0 aliphatic heterocycles. The fourth-order valence-corrected chi connectivity index (χ4v) is 1.04. The van der Waals surface area contributed by atoms with E-state index in [1.165, 1.54) is 6.42 Å². The van der Waals surface area contributed by atoms with Crippen molar-refractivity contribution < 1.29 is 4.43 Å². The highest BCUT2D eigenvalue weighted by Gasteiger charge is 2.12. The van der Waals surface area contributed by atoms with Crippen LogP contribution >= 0.6 is 0 Å². The van der Waals surface area contributed by atoms with Crippen LogP contribution in [0.5, 0.6) is 0 Å². The summed E-state index contributed by atoms with van der Waals surface area (Å²) in [5.41, 5.74) is 0. The molecule has 0 aromatic rings. The molecule has 0 amide bonds. The van der Waals surface area contributed by atoms with Crippen molar-refractivity contribution in [3.8, 4) is 0 Å². The molecule has 1 nitrogen and oxygen atoms in total. The van der Waals surface area contributed by atoms with Crippen LogP contribution in [0, 0.1) is 6.61 Å². The van der Waals surface area contributed by atoms with E-state index in [1.807, 2.05) is 6.61 Å². The number of rotatable bonds is 4. The van der Waals surface area contributed by atoms with Gasteiger partial charge in [0, 0.05) is 0 Å². The molecule has 9 heavy (non-hydrogen) atoms. The summed E-state index contributed by atoms with van der Waals surface area (Å²) in [5, 5.41) is 0. The number of hydrogen-bond donors (Lipinski definition) is 0. The largest absolute Gasteiger partial charge is 0.412 e. The van der Waals surface area contributed by atoms with E-state index in [1.54, 1.807) is 0 Å². The lowest BCUT2D eigenvalue weighted by atomic mass is 10.4. The predicted molar refractivity (Wildman–Crippen MR) is 43.6 cm³/mol. The monoisotopic (exact) mass is 145 g/mol. The predicted octanol–water partition coefficient (Wildman–Crippen LogP) is 2.80. The zero-order valence-electron chi connectivity index (χ0n) is 6.90. The Hall–Kier alpha value is 0.177. The molecule has 0 bridgehead atoms. The molecule has 0 heterocycles. The molecule has 0 saturated carbocycles. The van der Waals surface area contributed by atoms with Crippen molar-refractivity contribution in [2.24, 2.45) is 0 Å². The third-order valence-electron chi connectivity index (χ3n) is 0.843. The van der Waals surface area contributed by atoms with Gasteiger partial charge in [0.05, 0.1) is 6.61 Å². The highest BCUT2D eigenvalue weighted by molar-refractivity contribution is 6.69. The molecule has 0 spiro atoms. The average molecular weight is 145 g/mol. The second-order valence-electron chi connectivity index (χ2n) is 3.19. The Kier molecular flexibility index (Phi) is 4.15. The van der Waals surface area contributed by atoms with Gasteiger partial charge in [-0.1, -0.05) is 13.3 Å². The molecular formula is C7H17OSi. The molecule has 0 aliphatic rings. The van der Waals surface area contributed by atoms with Crippen molar-refractivity contribution in [2.45, 2.75) is 39.4 Å². The van der Waals surface area contributed by atoms with Gasteiger partial charge in [0.1, 0.15) is 0 Å². The van der Waals surface area contributed by atoms with Gasteiger partial charge in [0.25, 0.3) is 0 Å². The Labute approximate surface area is 59.5 Å². The van der Waals surface area contributed by atoms with E-state index in [0.717, 1.165) is 6.42 Å². The zero-order valence-corrected chi connectivity index (χ0v) is 7.90. The van der Waals surface area contributed by atoms with E-state index in [-0.39, 0.29) is 0 Å². The fraction of sp³-hybridized carbons (Fsp3) is 0.857. The van der Waals surface area contributed by atoms with E-state index >= 15 is 0 Å². The summed E-state index contributed by atoms with van der Waals surface area (Å²) in [5.74, 6) is 0. The molecule has 1 radical (unpaired) electrons. The molecule has 0 saturated heterocycles. The molecule has 0 aromatic carbocycles. The van der Waals surface area contributed by atoms with E-state index < -0.39 is 8.32 Å². The zero-order chi connectivity index (χ0) is 7.33. The van der Waals surface area contributed by atoms with Gasteiger partial charge in [-0.2, -0.15) is 0 Å². The molecule has 0 atom stereocenters. The van der Waals surface area contributed by atoms with E-state index in [4.69, 9.17) is 4.43 Å². The maximum atomic E-state index is 5.48.